The first-order valence-corrected chi connectivity index (χ1v) is 5.87. The maximum absolute atomic E-state index is 3.83. The first kappa shape index (κ1) is 9.51. The van der Waals surface area contributed by atoms with Gasteiger partial charge in [-0.15, -0.1) is 0 Å². The molecule has 13 heavy (non-hydrogen) atoms. The van der Waals surface area contributed by atoms with Gasteiger partial charge in [0.1, 0.15) is 0 Å². The number of hydrogen-bond donors (Lipinski definition) is 1. The summed E-state index contributed by atoms with van der Waals surface area (Å²) < 4.78 is 0. The summed E-state index contributed by atoms with van der Waals surface area (Å²) in [6.45, 7) is 8.41. The van der Waals surface area contributed by atoms with E-state index in [1.807, 2.05) is 0 Å². The lowest BCUT2D eigenvalue weighted by Gasteiger charge is -2.39. The van der Waals surface area contributed by atoms with Crippen molar-refractivity contribution in [1.82, 2.24) is 5.32 Å². The van der Waals surface area contributed by atoms with Crippen LogP contribution >= 0.6 is 0 Å². The molecule has 0 radical (unpaired) electrons. The molecule has 2 aliphatic carbocycles. The molecule has 0 aromatic carbocycles. The third-order valence-electron chi connectivity index (χ3n) is 4.81. The molecule has 2 saturated carbocycles. The standard InChI is InChI=1S/C12H23N/c1-4-9-13-12-7-5-10(6-8-12)11(12,2)3/h10,13H,4-9H2,1-3H3. The molecule has 0 aromatic rings. The average molecular weight is 181 g/mol. The smallest absolute Gasteiger partial charge is 0.0235 e. The van der Waals surface area contributed by atoms with Crippen molar-refractivity contribution < 1.29 is 0 Å². The molecule has 0 aliphatic heterocycles. The van der Waals surface area contributed by atoms with E-state index in [0.717, 1.165) is 5.92 Å². The first-order valence-electron chi connectivity index (χ1n) is 5.87. The van der Waals surface area contributed by atoms with E-state index in [2.05, 4.69) is 26.1 Å². The van der Waals surface area contributed by atoms with Crippen molar-refractivity contribution in [2.75, 3.05) is 6.54 Å². The van der Waals surface area contributed by atoms with Crippen LogP contribution in [-0.4, -0.2) is 12.1 Å². The highest BCUT2D eigenvalue weighted by Gasteiger charge is 2.58. The number of hydrogen-bond acceptors (Lipinski definition) is 1. The van der Waals surface area contributed by atoms with Crippen LogP contribution in [0.3, 0.4) is 0 Å². The van der Waals surface area contributed by atoms with Gasteiger partial charge in [-0.3, -0.25) is 0 Å². The molecular formula is C12H23N. The summed E-state index contributed by atoms with van der Waals surface area (Å²) in [6, 6.07) is 0. The van der Waals surface area contributed by atoms with E-state index in [9.17, 15) is 0 Å². The number of fused-ring (bicyclic) bond motifs is 2. The first-order chi connectivity index (χ1) is 6.12. The van der Waals surface area contributed by atoms with Crippen molar-refractivity contribution in [3.8, 4) is 0 Å². The normalized spacial score (nSPS) is 41.3. The maximum atomic E-state index is 3.83. The molecule has 2 rings (SSSR count). The zero-order valence-electron chi connectivity index (χ0n) is 9.32. The topological polar surface area (TPSA) is 12.0 Å². The Labute approximate surface area is 82.3 Å². The van der Waals surface area contributed by atoms with E-state index in [0.29, 0.717) is 11.0 Å². The summed E-state index contributed by atoms with van der Waals surface area (Å²) in [5.74, 6) is 0.997. The molecule has 0 spiro atoms. The highest BCUT2D eigenvalue weighted by Crippen LogP contribution is 2.59. The number of rotatable bonds is 3. The Kier molecular flexibility index (Phi) is 2.18. The van der Waals surface area contributed by atoms with Gasteiger partial charge in [0, 0.05) is 5.54 Å². The van der Waals surface area contributed by atoms with Crippen molar-refractivity contribution >= 4 is 0 Å². The van der Waals surface area contributed by atoms with E-state index in [1.165, 1.54) is 38.6 Å². The van der Waals surface area contributed by atoms with Crippen LogP contribution in [0.25, 0.3) is 0 Å². The zero-order chi connectivity index (χ0) is 9.53. The van der Waals surface area contributed by atoms with Gasteiger partial charge in [-0.1, -0.05) is 20.8 Å². The number of nitrogens with one attached hydrogen (secondary N) is 1. The van der Waals surface area contributed by atoms with Gasteiger partial charge in [-0.2, -0.15) is 0 Å². The Hall–Kier alpha value is -0.0400. The van der Waals surface area contributed by atoms with Crippen molar-refractivity contribution in [2.24, 2.45) is 11.3 Å². The lowest BCUT2D eigenvalue weighted by molar-refractivity contribution is 0.172. The minimum atomic E-state index is 0.508. The van der Waals surface area contributed by atoms with Crippen LogP contribution in [0, 0.1) is 11.3 Å². The molecule has 2 bridgehead atoms. The Balaban J connectivity index is 2.12. The van der Waals surface area contributed by atoms with Gasteiger partial charge in [0.15, 0.2) is 0 Å². The van der Waals surface area contributed by atoms with Gasteiger partial charge in [-0.05, 0) is 50.0 Å². The summed E-state index contributed by atoms with van der Waals surface area (Å²) in [6.07, 6.45) is 7.03. The third-order valence-corrected chi connectivity index (χ3v) is 4.81. The zero-order valence-corrected chi connectivity index (χ0v) is 9.32. The van der Waals surface area contributed by atoms with Gasteiger partial charge in [-0.25, -0.2) is 0 Å². The van der Waals surface area contributed by atoms with Crippen molar-refractivity contribution in [3.05, 3.63) is 0 Å². The van der Waals surface area contributed by atoms with Crippen molar-refractivity contribution in [1.29, 1.82) is 0 Å². The molecule has 1 N–H and O–H groups in total. The van der Waals surface area contributed by atoms with E-state index >= 15 is 0 Å². The quantitative estimate of drug-likeness (QED) is 0.706. The largest absolute Gasteiger partial charge is 0.311 e. The molecule has 2 aliphatic rings. The van der Waals surface area contributed by atoms with Crippen LogP contribution in [0.1, 0.15) is 52.9 Å². The van der Waals surface area contributed by atoms with Crippen LogP contribution in [-0.2, 0) is 0 Å². The minimum Gasteiger partial charge on any atom is -0.311 e. The predicted molar refractivity (Wildman–Crippen MR) is 56.8 cm³/mol. The second-order valence-corrected chi connectivity index (χ2v) is 5.50. The summed E-state index contributed by atoms with van der Waals surface area (Å²) >= 11 is 0. The van der Waals surface area contributed by atoms with Gasteiger partial charge in [0.25, 0.3) is 0 Å². The molecule has 2 fully saturated rings. The van der Waals surface area contributed by atoms with E-state index in [4.69, 9.17) is 0 Å². The van der Waals surface area contributed by atoms with E-state index in [1.54, 1.807) is 0 Å². The van der Waals surface area contributed by atoms with Crippen LogP contribution in [0.15, 0.2) is 0 Å². The lowest BCUT2D eigenvalue weighted by atomic mass is 9.76. The summed E-state index contributed by atoms with van der Waals surface area (Å²) in [5, 5.41) is 3.83. The fourth-order valence-corrected chi connectivity index (χ4v) is 3.64. The molecule has 0 heterocycles. The molecule has 76 valence electrons. The Morgan fingerprint density at radius 1 is 1.23 bits per heavy atom. The van der Waals surface area contributed by atoms with Crippen LogP contribution in [0.2, 0.25) is 0 Å². The monoisotopic (exact) mass is 181 g/mol. The van der Waals surface area contributed by atoms with E-state index < -0.39 is 0 Å². The van der Waals surface area contributed by atoms with E-state index in [-0.39, 0.29) is 0 Å². The molecule has 1 nitrogen and oxygen atoms in total. The fourth-order valence-electron chi connectivity index (χ4n) is 3.64. The molecule has 0 aromatic heterocycles. The lowest BCUT2D eigenvalue weighted by Crippen LogP contribution is -2.50. The molecule has 1 heteroatoms. The highest BCUT2D eigenvalue weighted by molar-refractivity contribution is 5.13. The highest BCUT2D eigenvalue weighted by atomic mass is 15.0. The summed E-state index contributed by atoms with van der Waals surface area (Å²) in [4.78, 5) is 0. The van der Waals surface area contributed by atoms with Gasteiger partial charge in [0.05, 0.1) is 0 Å². The maximum Gasteiger partial charge on any atom is 0.0235 e. The third kappa shape index (κ3) is 1.16. The van der Waals surface area contributed by atoms with Crippen LogP contribution in [0.5, 0.6) is 0 Å². The molecule has 0 atom stereocenters. The van der Waals surface area contributed by atoms with Gasteiger partial charge >= 0.3 is 0 Å². The molecular weight excluding hydrogens is 158 g/mol. The Bertz CT molecular complexity index is 187. The summed E-state index contributed by atoms with van der Waals surface area (Å²) in [7, 11) is 0. The Morgan fingerprint density at radius 3 is 2.23 bits per heavy atom. The SMILES string of the molecule is CCCNC12CCC(CC1)C2(C)C. The van der Waals surface area contributed by atoms with Crippen LogP contribution in [0.4, 0.5) is 0 Å². The van der Waals surface area contributed by atoms with Crippen molar-refractivity contribution in [2.45, 2.75) is 58.4 Å². The van der Waals surface area contributed by atoms with Gasteiger partial charge in [0.2, 0.25) is 0 Å². The molecule has 0 amide bonds. The Morgan fingerprint density at radius 2 is 1.85 bits per heavy atom. The minimum absolute atomic E-state index is 0.508. The van der Waals surface area contributed by atoms with Crippen LogP contribution < -0.4 is 5.32 Å². The average Bonchev–Trinajstić information content (AvgIpc) is 2.50. The molecule has 0 unspecified atom stereocenters. The van der Waals surface area contributed by atoms with Gasteiger partial charge < -0.3 is 5.32 Å². The predicted octanol–water partition coefficient (Wildman–Crippen LogP) is 2.95. The summed E-state index contributed by atoms with van der Waals surface area (Å²) in [5.41, 5.74) is 1.07. The van der Waals surface area contributed by atoms with Crippen molar-refractivity contribution in [3.63, 3.8) is 0 Å². The fraction of sp³-hybridized carbons (Fsp3) is 1.00. The second kappa shape index (κ2) is 2.98. The molecule has 0 saturated heterocycles. The second-order valence-electron chi connectivity index (χ2n) is 5.50.